The first-order valence-corrected chi connectivity index (χ1v) is 6.01. The van der Waals surface area contributed by atoms with Gasteiger partial charge in [0.15, 0.2) is 0 Å². The van der Waals surface area contributed by atoms with Crippen LogP contribution in [-0.4, -0.2) is 38.3 Å². The van der Waals surface area contributed by atoms with Gasteiger partial charge in [-0.15, -0.1) is 0 Å². The van der Waals surface area contributed by atoms with Gasteiger partial charge < -0.3 is 10.0 Å². The number of aryl methyl sites for hydroxylation is 2. The van der Waals surface area contributed by atoms with Crippen molar-refractivity contribution < 1.29 is 9.90 Å². The van der Waals surface area contributed by atoms with Crippen LogP contribution in [0.2, 0.25) is 0 Å². The predicted molar refractivity (Wildman–Crippen MR) is 63.4 cm³/mol. The highest BCUT2D eigenvalue weighted by Gasteiger charge is 2.29. The third kappa shape index (κ3) is 2.20. The lowest BCUT2D eigenvalue weighted by molar-refractivity contribution is -0.128. The van der Waals surface area contributed by atoms with Crippen LogP contribution in [0.4, 0.5) is 0 Å². The number of amides is 1. The number of rotatable bonds is 3. The maximum atomic E-state index is 11.6. The molecule has 5 nitrogen and oxygen atoms in total. The largest absolute Gasteiger partial charge is 0.391 e. The van der Waals surface area contributed by atoms with Gasteiger partial charge in [0.05, 0.1) is 18.2 Å². The average molecular weight is 237 g/mol. The van der Waals surface area contributed by atoms with Crippen LogP contribution in [0.5, 0.6) is 0 Å². The first-order valence-electron chi connectivity index (χ1n) is 6.01. The minimum atomic E-state index is -0.510. The standard InChI is InChI=1S/C12H19N3O2/c1-4-15-9(3)11(8(2)13-15)7-14-6-10(16)5-12(14)17/h10,16H,4-7H2,1-3H3. The van der Waals surface area contributed by atoms with Crippen molar-refractivity contribution in [2.24, 2.45) is 0 Å². The van der Waals surface area contributed by atoms with Crippen LogP contribution >= 0.6 is 0 Å². The van der Waals surface area contributed by atoms with E-state index in [0.29, 0.717) is 13.1 Å². The smallest absolute Gasteiger partial charge is 0.225 e. The van der Waals surface area contributed by atoms with Crippen molar-refractivity contribution >= 4 is 5.91 Å². The molecule has 1 N–H and O–H groups in total. The van der Waals surface area contributed by atoms with Gasteiger partial charge in [-0.2, -0.15) is 5.10 Å². The molecular weight excluding hydrogens is 218 g/mol. The number of hydrogen-bond donors (Lipinski definition) is 1. The third-order valence-electron chi connectivity index (χ3n) is 3.37. The van der Waals surface area contributed by atoms with Crippen LogP contribution in [0, 0.1) is 13.8 Å². The summed E-state index contributed by atoms with van der Waals surface area (Å²) in [7, 11) is 0. The molecule has 1 aromatic heterocycles. The normalized spacial score (nSPS) is 20.4. The van der Waals surface area contributed by atoms with E-state index >= 15 is 0 Å². The molecule has 0 saturated carbocycles. The molecule has 2 heterocycles. The van der Waals surface area contributed by atoms with Crippen molar-refractivity contribution in [1.82, 2.24) is 14.7 Å². The molecule has 0 aliphatic carbocycles. The summed E-state index contributed by atoms with van der Waals surface area (Å²) in [5.74, 6) is 0.0283. The first-order chi connectivity index (χ1) is 8.02. The van der Waals surface area contributed by atoms with E-state index in [9.17, 15) is 9.90 Å². The van der Waals surface area contributed by atoms with Crippen LogP contribution < -0.4 is 0 Å². The van der Waals surface area contributed by atoms with Crippen LogP contribution in [0.25, 0.3) is 0 Å². The molecule has 5 heteroatoms. The molecule has 1 aromatic rings. The van der Waals surface area contributed by atoms with Crippen LogP contribution in [0.15, 0.2) is 0 Å². The molecule has 2 rings (SSSR count). The van der Waals surface area contributed by atoms with Crippen molar-refractivity contribution in [3.63, 3.8) is 0 Å². The third-order valence-corrected chi connectivity index (χ3v) is 3.37. The fourth-order valence-corrected chi connectivity index (χ4v) is 2.37. The molecule has 0 aromatic carbocycles. The Morgan fingerprint density at radius 3 is 2.65 bits per heavy atom. The van der Waals surface area contributed by atoms with Gasteiger partial charge in [-0.1, -0.05) is 0 Å². The Balaban J connectivity index is 2.19. The Morgan fingerprint density at radius 2 is 2.18 bits per heavy atom. The molecule has 17 heavy (non-hydrogen) atoms. The second-order valence-electron chi connectivity index (χ2n) is 4.60. The molecule has 1 amide bonds. The van der Waals surface area contributed by atoms with Crippen molar-refractivity contribution in [3.05, 3.63) is 17.0 Å². The summed E-state index contributed by atoms with van der Waals surface area (Å²) in [6.45, 7) is 7.88. The van der Waals surface area contributed by atoms with E-state index in [-0.39, 0.29) is 12.3 Å². The summed E-state index contributed by atoms with van der Waals surface area (Å²) in [5, 5.41) is 13.9. The second kappa shape index (κ2) is 4.49. The summed E-state index contributed by atoms with van der Waals surface area (Å²) >= 11 is 0. The van der Waals surface area contributed by atoms with Crippen LogP contribution in [-0.2, 0) is 17.9 Å². The van der Waals surface area contributed by atoms with E-state index in [1.165, 1.54) is 0 Å². The number of hydrogen-bond acceptors (Lipinski definition) is 3. The molecule has 0 bridgehead atoms. The molecular formula is C12H19N3O2. The zero-order valence-corrected chi connectivity index (χ0v) is 10.6. The Kier molecular flexibility index (Phi) is 3.19. The highest BCUT2D eigenvalue weighted by atomic mass is 16.3. The van der Waals surface area contributed by atoms with E-state index in [4.69, 9.17) is 0 Å². The molecule has 1 fully saturated rings. The topological polar surface area (TPSA) is 58.4 Å². The summed E-state index contributed by atoms with van der Waals surface area (Å²) in [5.41, 5.74) is 3.19. The molecule has 1 aliphatic rings. The lowest BCUT2D eigenvalue weighted by atomic mass is 10.2. The number of carbonyl (C=O) groups is 1. The lowest BCUT2D eigenvalue weighted by Crippen LogP contribution is -2.25. The Bertz CT molecular complexity index is 439. The van der Waals surface area contributed by atoms with Gasteiger partial charge in [0, 0.05) is 30.9 Å². The second-order valence-corrected chi connectivity index (χ2v) is 4.60. The maximum Gasteiger partial charge on any atom is 0.225 e. The molecule has 1 atom stereocenters. The van der Waals surface area contributed by atoms with Crippen molar-refractivity contribution in [2.45, 2.75) is 46.4 Å². The van der Waals surface area contributed by atoms with Gasteiger partial charge in [0.25, 0.3) is 0 Å². The van der Waals surface area contributed by atoms with E-state index in [0.717, 1.165) is 23.5 Å². The van der Waals surface area contributed by atoms with E-state index in [2.05, 4.69) is 5.10 Å². The van der Waals surface area contributed by atoms with Crippen LogP contribution in [0.1, 0.15) is 30.3 Å². The van der Waals surface area contributed by atoms with Gasteiger partial charge >= 0.3 is 0 Å². The van der Waals surface area contributed by atoms with E-state index < -0.39 is 6.10 Å². The van der Waals surface area contributed by atoms with E-state index in [1.807, 2.05) is 25.5 Å². The molecule has 1 unspecified atom stereocenters. The quantitative estimate of drug-likeness (QED) is 0.838. The summed E-state index contributed by atoms with van der Waals surface area (Å²) < 4.78 is 1.95. The molecule has 0 spiro atoms. The minimum absolute atomic E-state index is 0.0283. The highest BCUT2D eigenvalue weighted by Crippen LogP contribution is 2.19. The number of β-amino-alcohol motifs (C(OH)–C–C–N with tert-alkyl or cyclic N) is 1. The number of aromatic nitrogens is 2. The fourth-order valence-electron chi connectivity index (χ4n) is 2.37. The van der Waals surface area contributed by atoms with Gasteiger partial charge in [-0.25, -0.2) is 0 Å². The maximum absolute atomic E-state index is 11.6. The number of carbonyl (C=O) groups excluding carboxylic acids is 1. The average Bonchev–Trinajstić information content (AvgIpc) is 2.72. The fraction of sp³-hybridized carbons (Fsp3) is 0.667. The first kappa shape index (κ1) is 12.1. The number of nitrogens with zero attached hydrogens (tertiary/aromatic N) is 3. The predicted octanol–water partition coefficient (Wildman–Crippen LogP) is 0.613. The van der Waals surface area contributed by atoms with Gasteiger partial charge in [-0.3, -0.25) is 9.48 Å². The zero-order chi connectivity index (χ0) is 12.6. The highest BCUT2D eigenvalue weighted by molar-refractivity contribution is 5.79. The summed E-state index contributed by atoms with van der Waals surface area (Å²) in [6.07, 6.45) is -0.260. The Hall–Kier alpha value is -1.36. The molecule has 0 radical (unpaired) electrons. The van der Waals surface area contributed by atoms with Crippen molar-refractivity contribution in [2.75, 3.05) is 6.54 Å². The van der Waals surface area contributed by atoms with Gasteiger partial charge in [0.1, 0.15) is 0 Å². The van der Waals surface area contributed by atoms with Crippen molar-refractivity contribution in [1.29, 1.82) is 0 Å². The lowest BCUT2D eigenvalue weighted by Gasteiger charge is -2.16. The zero-order valence-electron chi connectivity index (χ0n) is 10.6. The number of likely N-dealkylation sites (tertiary alicyclic amines) is 1. The van der Waals surface area contributed by atoms with E-state index in [1.54, 1.807) is 4.90 Å². The Labute approximate surface area is 101 Å². The summed E-state index contributed by atoms with van der Waals surface area (Å²) in [4.78, 5) is 13.3. The van der Waals surface area contributed by atoms with Gasteiger partial charge in [-0.05, 0) is 20.8 Å². The SMILES string of the molecule is CCn1nc(C)c(CN2CC(O)CC2=O)c1C. The van der Waals surface area contributed by atoms with Crippen LogP contribution in [0.3, 0.4) is 0 Å². The molecule has 1 aliphatic heterocycles. The van der Waals surface area contributed by atoms with Crippen molar-refractivity contribution in [3.8, 4) is 0 Å². The monoisotopic (exact) mass is 237 g/mol. The summed E-state index contributed by atoms with van der Waals surface area (Å²) in [6, 6.07) is 0. The molecule has 94 valence electrons. The minimum Gasteiger partial charge on any atom is -0.391 e. The molecule has 1 saturated heterocycles. The van der Waals surface area contributed by atoms with Gasteiger partial charge in [0.2, 0.25) is 5.91 Å². The number of aliphatic hydroxyl groups excluding tert-OH is 1. The Morgan fingerprint density at radius 1 is 1.47 bits per heavy atom. The number of aliphatic hydroxyl groups is 1.